The molecule has 4 aromatic rings. The smallest absolute Gasteiger partial charge is 0.147 e. The first-order valence-corrected chi connectivity index (χ1v) is 13.1. The molecule has 0 spiro atoms. The second kappa shape index (κ2) is 6.97. The van der Waals surface area contributed by atoms with Crippen LogP contribution in [0.5, 0.6) is 0 Å². The summed E-state index contributed by atoms with van der Waals surface area (Å²) in [5.74, 6) is 0. The van der Waals surface area contributed by atoms with Gasteiger partial charge >= 0.3 is 0 Å². The fourth-order valence-corrected chi connectivity index (χ4v) is 6.43. The van der Waals surface area contributed by atoms with Crippen molar-refractivity contribution in [3.63, 3.8) is 0 Å². The lowest BCUT2D eigenvalue weighted by Gasteiger charge is -2.45. The predicted octanol–water partition coefficient (Wildman–Crippen LogP) is 5.81. The number of hydrogen-bond acceptors (Lipinski definition) is 2. The van der Waals surface area contributed by atoms with Crippen molar-refractivity contribution in [2.75, 3.05) is 0 Å². The molecule has 1 aliphatic rings. The fourth-order valence-electron chi connectivity index (χ4n) is 6.43. The summed E-state index contributed by atoms with van der Waals surface area (Å²) in [6, 6.07) is 4.51. The number of imidazole rings is 1. The Balaban J connectivity index is 2.04. The van der Waals surface area contributed by atoms with Gasteiger partial charge in [-0.1, -0.05) is 94.0 Å². The Morgan fingerprint density at radius 1 is 0.778 bits per heavy atom. The highest BCUT2D eigenvalue weighted by molar-refractivity contribution is 6.46. The second-order valence-corrected chi connectivity index (χ2v) is 14.6. The summed E-state index contributed by atoms with van der Waals surface area (Å²) in [6.07, 6.45) is 1.97. The van der Waals surface area contributed by atoms with Gasteiger partial charge in [0.25, 0.3) is 0 Å². The van der Waals surface area contributed by atoms with Crippen LogP contribution in [0.15, 0.2) is 18.3 Å². The summed E-state index contributed by atoms with van der Waals surface area (Å²) >= 11 is 0. The molecule has 3 nitrogen and oxygen atoms in total. The molecule has 0 saturated heterocycles. The molecule has 1 aromatic carbocycles. The molecule has 184 valence electrons. The average molecular weight is 475 g/mol. The lowest BCUT2D eigenvalue weighted by molar-refractivity contribution is 0.125. The SMILES string of the molecule is [B]c1c2c(c([B])c3c1nc1c4cnc(C(C)(C)C)cc4cc(C(C)(C)C)n13)C(C)(C)C(C)(C)C2(C)C. The van der Waals surface area contributed by atoms with Crippen LogP contribution in [0.2, 0.25) is 0 Å². The Hall–Kier alpha value is -2.29. The van der Waals surface area contributed by atoms with Crippen LogP contribution in [0.25, 0.3) is 27.5 Å². The van der Waals surface area contributed by atoms with Crippen molar-refractivity contribution in [2.24, 2.45) is 5.41 Å². The van der Waals surface area contributed by atoms with E-state index in [0.29, 0.717) is 0 Å². The lowest BCUT2D eigenvalue weighted by atomic mass is 9.58. The average Bonchev–Trinajstić information content (AvgIpc) is 3.18. The van der Waals surface area contributed by atoms with Crippen molar-refractivity contribution in [1.82, 2.24) is 14.4 Å². The number of aromatic nitrogens is 3. The van der Waals surface area contributed by atoms with Crippen molar-refractivity contribution in [3.05, 3.63) is 40.8 Å². The van der Waals surface area contributed by atoms with Crippen LogP contribution < -0.4 is 10.9 Å². The van der Waals surface area contributed by atoms with E-state index in [1.165, 1.54) is 11.3 Å². The van der Waals surface area contributed by atoms with Gasteiger partial charge in [0.1, 0.15) is 21.3 Å². The maximum atomic E-state index is 7.17. The molecule has 0 amide bonds. The number of benzene rings is 1. The fraction of sp³-hybridized carbons (Fsp3) is 0.548. The van der Waals surface area contributed by atoms with E-state index in [1.54, 1.807) is 0 Å². The first-order valence-electron chi connectivity index (χ1n) is 13.1. The van der Waals surface area contributed by atoms with Crippen molar-refractivity contribution in [3.8, 4) is 0 Å². The van der Waals surface area contributed by atoms with E-state index in [2.05, 4.69) is 99.6 Å². The molecular weight excluding hydrogens is 436 g/mol. The van der Waals surface area contributed by atoms with E-state index >= 15 is 0 Å². The van der Waals surface area contributed by atoms with E-state index in [4.69, 9.17) is 25.7 Å². The van der Waals surface area contributed by atoms with Gasteiger partial charge in [-0.2, -0.15) is 0 Å². The highest BCUT2D eigenvalue weighted by Gasteiger charge is 2.58. The Bertz CT molecular complexity index is 1590. The molecule has 0 atom stereocenters. The van der Waals surface area contributed by atoms with E-state index in [9.17, 15) is 0 Å². The highest BCUT2D eigenvalue weighted by atomic mass is 15.0. The number of rotatable bonds is 0. The maximum Gasteiger partial charge on any atom is 0.147 e. The molecule has 1 aliphatic carbocycles. The molecule has 0 N–H and O–H groups in total. The Morgan fingerprint density at radius 2 is 1.33 bits per heavy atom. The molecule has 0 bridgehead atoms. The van der Waals surface area contributed by atoms with E-state index in [0.717, 1.165) is 49.6 Å². The zero-order valence-electron chi connectivity index (χ0n) is 24.2. The van der Waals surface area contributed by atoms with Crippen LogP contribution in [-0.4, -0.2) is 30.1 Å². The highest BCUT2D eigenvalue weighted by Crippen LogP contribution is 2.60. The molecule has 4 radical (unpaired) electrons. The first-order chi connectivity index (χ1) is 16.2. The number of nitrogens with zero attached hydrogens (tertiary/aromatic N) is 3. The molecule has 5 heteroatoms. The van der Waals surface area contributed by atoms with E-state index in [1.807, 2.05) is 6.20 Å². The summed E-state index contributed by atoms with van der Waals surface area (Å²) in [4.78, 5) is 10.1. The molecule has 0 unspecified atom stereocenters. The molecule has 0 saturated carbocycles. The van der Waals surface area contributed by atoms with Crippen molar-refractivity contribution >= 4 is 54.1 Å². The van der Waals surface area contributed by atoms with Crippen LogP contribution in [-0.2, 0) is 21.7 Å². The Labute approximate surface area is 219 Å². The number of pyridine rings is 2. The van der Waals surface area contributed by atoms with Crippen molar-refractivity contribution in [2.45, 2.75) is 105 Å². The zero-order chi connectivity index (χ0) is 27.0. The summed E-state index contributed by atoms with van der Waals surface area (Å²) in [5, 5.41) is 2.17. The third kappa shape index (κ3) is 2.95. The summed E-state index contributed by atoms with van der Waals surface area (Å²) in [6.45, 7) is 27.2. The van der Waals surface area contributed by atoms with Gasteiger partial charge in [0.15, 0.2) is 0 Å². The van der Waals surface area contributed by atoms with Crippen LogP contribution in [0, 0.1) is 5.41 Å². The minimum Gasteiger partial charge on any atom is -0.296 e. The van der Waals surface area contributed by atoms with Crippen LogP contribution in [0.3, 0.4) is 0 Å². The minimum atomic E-state index is -0.162. The number of hydrogen-bond donors (Lipinski definition) is 0. The third-order valence-electron chi connectivity index (χ3n) is 9.80. The Kier molecular flexibility index (Phi) is 4.91. The monoisotopic (exact) mass is 475 g/mol. The summed E-state index contributed by atoms with van der Waals surface area (Å²) < 4.78 is 2.26. The topological polar surface area (TPSA) is 30.2 Å². The molecule has 0 aliphatic heterocycles. The lowest BCUT2D eigenvalue weighted by Crippen LogP contribution is -2.43. The van der Waals surface area contributed by atoms with E-state index in [-0.39, 0.29) is 27.1 Å². The molecule has 0 fully saturated rings. The van der Waals surface area contributed by atoms with Crippen LogP contribution >= 0.6 is 0 Å². The maximum absolute atomic E-state index is 7.17. The van der Waals surface area contributed by atoms with Gasteiger partial charge in [0.05, 0.1) is 11.0 Å². The second-order valence-electron chi connectivity index (χ2n) is 14.6. The van der Waals surface area contributed by atoms with Crippen LogP contribution in [0.1, 0.15) is 106 Å². The first kappa shape index (κ1) is 25.4. The van der Waals surface area contributed by atoms with Gasteiger partial charge in [0.2, 0.25) is 0 Å². The predicted molar refractivity (Wildman–Crippen MR) is 156 cm³/mol. The Morgan fingerprint density at radius 3 is 1.86 bits per heavy atom. The summed E-state index contributed by atoms with van der Waals surface area (Å²) in [5.41, 5.74) is 8.17. The minimum absolute atomic E-state index is 0.0397. The standard InChI is InChI=1S/C31H39B2N3/c1-27(2,3)18-13-16-14-19(28(4,5)6)36-25-23(33)21-20(29(7,8)31(11,12)30(21,9)10)22(32)24(25)35-26(36)17(16)15-34-18/h13-15H,1-12H3. The van der Waals surface area contributed by atoms with Gasteiger partial charge in [0, 0.05) is 33.8 Å². The summed E-state index contributed by atoms with van der Waals surface area (Å²) in [7, 11) is 14.2. The molecule has 5 rings (SSSR count). The number of fused-ring (bicyclic) bond motifs is 6. The third-order valence-corrected chi connectivity index (χ3v) is 9.80. The van der Waals surface area contributed by atoms with Crippen molar-refractivity contribution < 1.29 is 0 Å². The van der Waals surface area contributed by atoms with Gasteiger partial charge in [-0.25, -0.2) is 4.98 Å². The normalized spacial score (nSPS) is 18.9. The van der Waals surface area contributed by atoms with Gasteiger partial charge in [-0.15, -0.1) is 0 Å². The largest absolute Gasteiger partial charge is 0.296 e. The van der Waals surface area contributed by atoms with Crippen molar-refractivity contribution in [1.29, 1.82) is 0 Å². The zero-order valence-corrected chi connectivity index (χ0v) is 24.2. The van der Waals surface area contributed by atoms with Gasteiger partial charge in [-0.05, 0) is 44.9 Å². The van der Waals surface area contributed by atoms with Gasteiger partial charge < -0.3 is 0 Å². The van der Waals surface area contributed by atoms with Crippen LogP contribution in [0.4, 0.5) is 0 Å². The van der Waals surface area contributed by atoms with E-state index < -0.39 is 0 Å². The van der Waals surface area contributed by atoms with Gasteiger partial charge in [-0.3, -0.25) is 9.38 Å². The molecule has 36 heavy (non-hydrogen) atoms. The molecular formula is C31H39B2N3. The molecule has 3 aromatic heterocycles. The molecule has 3 heterocycles. The quantitative estimate of drug-likeness (QED) is 0.301.